The van der Waals surface area contributed by atoms with Crippen molar-refractivity contribution in [2.45, 2.75) is 37.6 Å². The standard InChI is InChI=1S/C12H22OSi/c1-5-11(6-2)12(14(3)4)9-7-8-10-13-12/h5-6,11,14H,1-2,7-10H2,3-4H3. The Hall–Kier alpha value is -0.343. The van der Waals surface area contributed by atoms with Crippen molar-refractivity contribution in [1.29, 1.82) is 0 Å². The molecule has 0 saturated carbocycles. The summed E-state index contributed by atoms with van der Waals surface area (Å²) < 4.78 is 6.09. The molecule has 0 aromatic carbocycles. The van der Waals surface area contributed by atoms with Crippen molar-refractivity contribution < 1.29 is 4.74 Å². The minimum atomic E-state index is -0.846. The van der Waals surface area contributed by atoms with Crippen LogP contribution in [0, 0.1) is 5.92 Å². The molecule has 1 aliphatic heterocycles. The molecule has 0 aromatic rings. The van der Waals surface area contributed by atoms with Crippen LogP contribution < -0.4 is 0 Å². The average molecular weight is 210 g/mol. The molecule has 1 unspecified atom stereocenters. The molecular formula is C12H22OSi. The Bertz CT molecular complexity index is 196. The molecule has 1 heterocycles. The van der Waals surface area contributed by atoms with E-state index >= 15 is 0 Å². The van der Waals surface area contributed by atoms with E-state index in [1.165, 1.54) is 19.3 Å². The first-order chi connectivity index (χ1) is 6.67. The van der Waals surface area contributed by atoms with Crippen molar-refractivity contribution in [2.24, 2.45) is 5.92 Å². The van der Waals surface area contributed by atoms with Gasteiger partial charge in [0.15, 0.2) is 0 Å². The van der Waals surface area contributed by atoms with Crippen molar-refractivity contribution in [1.82, 2.24) is 0 Å². The maximum atomic E-state index is 6.09. The molecule has 1 nitrogen and oxygen atoms in total. The van der Waals surface area contributed by atoms with Crippen LogP contribution in [0.4, 0.5) is 0 Å². The lowest BCUT2D eigenvalue weighted by Crippen LogP contribution is -2.52. The molecule has 0 aliphatic carbocycles. The Morgan fingerprint density at radius 1 is 1.29 bits per heavy atom. The molecule has 1 fully saturated rings. The second kappa shape index (κ2) is 4.94. The summed E-state index contributed by atoms with van der Waals surface area (Å²) in [5, 5.41) is 0.0990. The van der Waals surface area contributed by atoms with E-state index in [2.05, 4.69) is 26.3 Å². The maximum absolute atomic E-state index is 6.09. The van der Waals surface area contributed by atoms with E-state index in [1.54, 1.807) is 0 Å². The van der Waals surface area contributed by atoms with Gasteiger partial charge in [-0.1, -0.05) is 25.2 Å². The Kier molecular flexibility index (Phi) is 4.14. The van der Waals surface area contributed by atoms with Crippen molar-refractivity contribution >= 4 is 8.80 Å². The molecular weight excluding hydrogens is 188 g/mol. The SMILES string of the molecule is C=CC(C=C)C1([SiH](C)C)CCCCO1. The molecule has 0 amide bonds. The Balaban J connectivity index is 2.88. The van der Waals surface area contributed by atoms with Crippen LogP contribution in [0.25, 0.3) is 0 Å². The van der Waals surface area contributed by atoms with Crippen LogP contribution >= 0.6 is 0 Å². The summed E-state index contributed by atoms with van der Waals surface area (Å²) in [4.78, 5) is 0. The molecule has 1 saturated heterocycles. The summed E-state index contributed by atoms with van der Waals surface area (Å²) in [6.07, 6.45) is 7.71. The molecule has 0 radical (unpaired) electrons. The van der Waals surface area contributed by atoms with Crippen LogP contribution in [0.2, 0.25) is 13.1 Å². The Morgan fingerprint density at radius 3 is 2.29 bits per heavy atom. The van der Waals surface area contributed by atoms with Gasteiger partial charge in [0, 0.05) is 12.5 Å². The summed E-state index contributed by atoms with van der Waals surface area (Å²) >= 11 is 0. The monoisotopic (exact) mass is 210 g/mol. The molecule has 1 atom stereocenters. The van der Waals surface area contributed by atoms with Crippen LogP contribution in [0.1, 0.15) is 19.3 Å². The second-order valence-corrected chi connectivity index (χ2v) is 7.70. The third-order valence-electron chi connectivity index (χ3n) is 3.38. The van der Waals surface area contributed by atoms with E-state index < -0.39 is 8.80 Å². The molecule has 1 aliphatic rings. The summed E-state index contributed by atoms with van der Waals surface area (Å²) in [7, 11) is -0.846. The van der Waals surface area contributed by atoms with Crippen LogP contribution in [-0.2, 0) is 4.74 Å². The van der Waals surface area contributed by atoms with Gasteiger partial charge in [-0.15, -0.1) is 13.2 Å². The van der Waals surface area contributed by atoms with Crippen molar-refractivity contribution in [3.8, 4) is 0 Å². The highest BCUT2D eigenvalue weighted by Gasteiger charge is 2.41. The Labute approximate surface area is 89.5 Å². The van der Waals surface area contributed by atoms with Gasteiger partial charge in [-0.05, 0) is 19.3 Å². The lowest BCUT2D eigenvalue weighted by atomic mass is 9.94. The van der Waals surface area contributed by atoms with E-state index in [0.717, 1.165) is 6.61 Å². The smallest absolute Gasteiger partial charge is 0.0707 e. The van der Waals surface area contributed by atoms with Crippen LogP contribution in [0.5, 0.6) is 0 Å². The fourth-order valence-electron chi connectivity index (χ4n) is 2.44. The molecule has 0 spiro atoms. The summed E-state index contributed by atoms with van der Waals surface area (Å²) in [6, 6.07) is 0. The maximum Gasteiger partial charge on any atom is 0.0707 e. The first kappa shape index (κ1) is 11.7. The number of ether oxygens (including phenoxy) is 1. The fraction of sp³-hybridized carbons (Fsp3) is 0.667. The van der Waals surface area contributed by atoms with E-state index in [1.807, 2.05) is 12.2 Å². The molecule has 1 rings (SSSR count). The van der Waals surface area contributed by atoms with Gasteiger partial charge in [0.05, 0.1) is 14.0 Å². The minimum absolute atomic E-state index is 0.0990. The zero-order valence-electron chi connectivity index (χ0n) is 9.46. The van der Waals surface area contributed by atoms with E-state index in [0.29, 0.717) is 5.92 Å². The van der Waals surface area contributed by atoms with Crippen LogP contribution in [0.3, 0.4) is 0 Å². The minimum Gasteiger partial charge on any atom is -0.378 e. The van der Waals surface area contributed by atoms with Gasteiger partial charge in [-0.2, -0.15) is 0 Å². The van der Waals surface area contributed by atoms with Crippen LogP contribution in [-0.4, -0.2) is 20.6 Å². The highest BCUT2D eigenvalue weighted by molar-refractivity contribution is 6.59. The average Bonchev–Trinajstić information content (AvgIpc) is 2.21. The lowest BCUT2D eigenvalue weighted by Gasteiger charge is -2.44. The topological polar surface area (TPSA) is 9.23 Å². The predicted octanol–water partition coefficient (Wildman–Crippen LogP) is 2.94. The van der Waals surface area contributed by atoms with Gasteiger partial charge >= 0.3 is 0 Å². The largest absolute Gasteiger partial charge is 0.378 e. The van der Waals surface area contributed by atoms with E-state index in [4.69, 9.17) is 4.74 Å². The van der Waals surface area contributed by atoms with E-state index in [9.17, 15) is 0 Å². The zero-order chi connectivity index (χ0) is 10.6. The number of hydrogen-bond donors (Lipinski definition) is 0. The summed E-state index contributed by atoms with van der Waals surface area (Å²) in [5.74, 6) is 0.342. The second-order valence-electron chi connectivity index (χ2n) is 4.41. The predicted molar refractivity (Wildman–Crippen MR) is 65.3 cm³/mol. The lowest BCUT2D eigenvalue weighted by molar-refractivity contribution is -0.0384. The van der Waals surface area contributed by atoms with Gasteiger partial charge < -0.3 is 4.74 Å². The van der Waals surface area contributed by atoms with Gasteiger partial charge in [-0.25, -0.2) is 0 Å². The van der Waals surface area contributed by atoms with Gasteiger partial charge in [0.1, 0.15) is 0 Å². The quantitative estimate of drug-likeness (QED) is 0.512. The zero-order valence-corrected chi connectivity index (χ0v) is 10.6. The van der Waals surface area contributed by atoms with Crippen molar-refractivity contribution in [3.05, 3.63) is 25.3 Å². The normalized spacial score (nSPS) is 28.0. The highest BCUT2D eigenvalue weighted by atomic mass is 28.3. The molecule has 0 aromatic heterocycles. The Morgan fingerprint density at radius 2 is 1.93 bits per heavy atom. The molecule has 0 N–H and O–H groups in total. The van der Waals surface area contributed by atoms with Crippen molar-refractivity contribution in [2.75, 3.05) is 6.61 Å². The molecule has 0 bridgehead atoms. The van der Waals surface area contributed by atoms with Crippen LogP contribution in [0.15, 0.2) is 25.3 Å². The molecule has 14 heavy (non-hydrogen) atoms. The van der Waals surface area contributed by atoms with Gasteiger partial charge in [0.25, 0.3) is 0 Å². The van der Waals surface area contributed by atoms with E-state index in [-0.39, 0.29) is 5.22 Å². The van der Waals surface area contributed by atoms with Crippen molar-refractivity contribution in [3.63, 3.8) is 0 Å². The summed E-state index contributed by atoms with van der Waals surface area (Å²) in [5.41, 5.74) is 0. The number of rotatable bonds is 4. The third-order valence-corrected chi connectivity index (χ3v) is 6.18. The van der Waals surface area contributed by atoms with Gasteiger partial charge in [-0.3, -0.25) is 0 Å². The fourth-order valence-corrected chi connectivity index (χ4v) is 4.71. The summed E-state index contributed by atoms with van der Waals surface area (Å²) in [6.45, 7) is 13.5. The first-order valence-electron chi connectivity index (χ1n) is 5.56. The van der Waals surface area contributed by atoms with Gasteiger partial charge in [0.2, 0.25) is 0 Å². The number of hydrogen-bond acceptors (Lipinski definition) is 1. The highest BCUT2D eigenvalue weighted by Crippen LogP contribution is 2.36. The first-order valence-corrected chi connectivity index (χ1v) is 8.45. The molecule has 2 heteroatoms. The third kappa shape index (κ3) is 2.01. The molecule has 80 valence electrons.